The van der Waals surface area contributed by atoms with E-state index < -0.39 is 0 Å². The fraction of sp³-hybridized carbons (Fsp3) is 0.296. The minimum Gasteiger partial charge on any atom is -0.493 e. The first kappa shape index (κ1) is 24.2. The van der Waals surface area contributed by atoms with E-state index in [4.69, 9.17) is 9.47 Å². The highest BCUT2D eigenvalue weighted by atomic mass is 19.1. The maximum atomic E-state index is 13.0. The normalized spacial score (nSPS) is 16.7. The second-order valence-corrected chi connectivity index (χ2v) is 8.49. The van der Waals surface area contributed by atoms with E-state index >= 15 is 0 Å². The molecule has 2 amide bonds. The van der Waals surface area contributed by atoms with Crippen LogP contribution in [0.3, 0.4) is 0 Å². The summed E-state index contributed by atoms with van der Waals surface area (Å²) in [4.78, 5) is 22.7. The monoisotopic (exact) mass is 476 g/mol. The number of nitrogens with zero attached hydrogens (tertiary/aromatic N) is 3. The van der Waals surface area contributed by atoms with Crippen molar-refractivity contribution in [1.82, 2.24) is 14.9 Å². The van der Waals surface area contributed by atoms with E-state index in [-0.39, 0.29) is 17.8 Å². The van der Waals surface area contributed by atoms with Crippen LogP contribution in [-0.2, 0) is 6.42 Å². The van der Waals surface area contributed by atoms with Gasteiger partial charge < -0.3 is 14.4 Å². The molecule has 1 aliphatic heterocycles. The number of benzene rings is 2. The van der Waals surface area contributed by atoms with Gasteiger partial charge in [-0.05, 0) is 47.7 Å². The van der Waals surface area contributed by atoms with E-state index in [1.165, 1.54) is 37.2 Å². The Morgan fingerprint density at radius 2 is 2.03 bits per heavy atom. The number of carbonyl (C=O) groups is 1. The first-order valence-corrected chi connectivity index (χ1v) is 11.6. The Kier molecular flexibility index (Phi) is 7.92. The number of halogens is 1. The summed E-state index contributed by atoms with van der Waals surface area (Å²) in [6.07, 6.45) is 6.63. The molecule has 0 bridgehead atoms. The number of piperidine rings is 1. The second kappa shape index (κ2) is 11.5. The van der Waals surface area contributed by atoms with Gasteiger partial charge in [0.15, 0.2) is 5.82 Å². The Morgan fingerprint density at radius 1 is 1.20 bits per heavy atom. The van der Waals surface area contributed by atoms with Gasteiger partial charge in [-0.3, -0.25) is 5.32 Å². The van der Waals surface area contributed by atoms with Gasteiger partial charge in [-0.15, -0.1) is 0 Å². The standard InChI is InChI=1S/C27H29FN4O3/c1-19-18-32(27(33)31-25-16-30-26(34-2)17-29-25)12-10-22(19)14-21-4-3-5-24(15-21)35-13-11-20-6-8-23(28)9-7-20/h3-9,14-17,19H,10-13,18H2,1-2H3,(H,29,31,33). The lowest BCUT2D eigenvalue weighted by Crippen LogP contribution is -2.42. The molecule has 1 fully saturated rings. The number of hydrogen-bond donors (Lipinski definition) is 1. The molecule has 0 aliphatic carbocycles. The van der Waals surface area contributed by atoms with Crippen LogP contribution in [0.5, 0.6) is 11.6 Å². The first-order chi connectivity index (χ1) is 17.0. The molecule has 35 heavy (non-hydrogen) atoms. The van der Waals surface area contributed by atoms with Crippen molar-refractivity contribution in [2.24, 2.45) is 5.92 Å². The number of ether oxygens (including phenoxy) is 2. The minimum atomic E-state index is -0.234. The van der Waals surface area contributed by atoms with Gasteiger partial charge in [0.05, 0.1) is 26.1 Å². The zero-order valence-electron chi connectivity index (χ0n) is 19.9. The van der Waals surface area contributed by atoms with Crippen molar-refractivity contribution in [2.75, 3.05) is 32.1 Å². The number of aromatic nitrogens is 2. The smallest absolute Gasteiger partial charge is 0.323 e. The molecule has 3 aromatic rings. The van der Waals surface area contributed by atoms with E-state index in [9.17, 15) is 9.18 Å². The number of hydrogen-bond acceptors (Lipinski definition) is 5. The van der Waals surface area contributed by atoms with Crippen LogP contribution < -0.4 is 14.8 Å². The topological polar surface area (TPSA) is 76.6 Å². The van der Waals surface area contributed by atoms with Gasteiger partial charge in [0, 0.05) is 19.5 Å². The Labute approximate surface area is 204 Å². The molecular formula is C27H29FN4O3. The number of nitrogens with one attached hydrogen (secondary N) is 1. The van der Waals surface area contributed by atoms with Gasteiger partial charge in [0.2, 0.25) is 5.88 Å². The third-order valence-electron chi connectivity index (χ3n) is 5.94. The molecule has 1 saturated heterocycles. The number of rotatable bonds is 7. The molecular weight excluding hydrogens is 447 g/mol. The Balaban J connectivity index is 1.30. The number of likely N-dealkylation sites (tertiary alicyclic amines) is 1. The predicted molar refractivity (Wildman–Crippen MR) is 133 cm³/mol. The van der Waals surface area contributed by atoms with Gasteiger partial charge in [-0.25, -0.2) is 19.2 Å². The summed E-state index contributed by atoms with van der Waals surface area (Å²) < 4.78 is 23.9. The molecule has 1 aromatic heterocycles. The average molecular weight is 477 g/mol. The summed E-state index contributed by atoms with van der Waals surface area (Å²) in [5.74, 6) is 1.57. The Morgan fingerprint density at radius 3 is 2.74 bits per heavy atom. The number of urea groups is 1. The lowest BCUT2D eigenvalue weighted by molar-refractivity contribution is 0.197. The van der Waals surface area contributed by atoms with E-state index in [0.29, 0.717) is 37.8 Å². The van der Waals surface area contributed by atoms with E-state index in [1.807, 2.05) is 24.3 Å². The van der Waals surface area contributed by atoms with E-state index in [2.05, 4.69) is 28.3 Å². The lowest BCUT2D eigenvalue weighted by atomic mass is 9.91. The fourth-order valence-electron chi connectivity index (χ4n) is 3.97. The van der Waals surface area contributed by atoms with Crippen molar-refractivity contribution in [2.45, 2.75) is 19.8 Å². The highest BCUT2D eigenvalue weighted by Gasteiger charge is 2.24. The minimum absolute atomic E-state index is 0.188. The zero-order chi connectivity index (χ0) is 24.6. The molecule has 0 saturated carbocycles. The van der Waals surface area contributed by atoms with Crippen LogP contribution >= 0.6 is 0 Å². The number of carbonyl (C=O) groups excluding carboxylic acids is 1. The van der Waals surface area contributed by atoms with Crippen molar-refractivity contribution >= 4 is 17.9 Å². The summed E-state index contributed by atoms with van der Waals surface area (Å²) in [5.41, 5.74) is 3.40. The molecule has 1 aliphatic rings. The van der Waals surface area contributed by atoms with Gasteiger partial charge in [-0.1, -0.05) is 42.8 Å². The number of methoxy groups -OCH3 is 1. The molecule has 4 rings (SSSR count). The van der Waals surface area contributed by atoms with Gasteiger partial charge in [-0.2, -0.15) is 0 Å². The van der Waals surface area contributed by atoms with Gasteiger partial charge in [0.25, 0.3) is 0 Å². The zero-order valence-corrected chi connectivity index (χ0v) is 19.9. The van der Waals surface area contributed by atoms with Crippen molar-refractivity contribution in [3.63, 3.8) is 0 Å². The summed E-state index contributed by atoms with van der Waals surface area (Å²) >= 11 is 0. The predicted octanol–water partition coefficient (Wildman–Crippen LogP) is 5.20. The number of anilines is 1. The van der Waals surface area contributed by atoms with Gasteiger partial charge >= 0.3 is 6.03 Å². The molecule has 0 radical (unpaired) electrons. The fourth-order valence-corrected chi connectivity index (χ4v) is 3.97. The molecule has 2 heterocycles. The molecule has 0 spiro atoms. The molecule has 182 valence electrons. The largest absolute Gasteiger partial charge is 0.493 e. The molecule has 1 atom stereocenters. The summed E-state index contributed by atoms with van der Waals surface area (Å²) in [5, 5.41) is 2.79. The molecule has 1 unspecified atom stereocenters. The highest BCUT2D eigenvalue weighted by Crippen LogP contribution is 2.26. The van der Waals surface area contributed by atoms with Crippen LogP contribution in [0.15, 0.2) is 66.5 Å². The third kappa shape index (κ3) is 6.79. The maximum absolute atomic E-state index is 13.0. The van der Waals surface area contributed by atoms with Crippen LogP contribution in [-0.4, -0.2) is 47.7 Å². The molecule has 1 N–H and O–H groups in total. The summed E-state index contributed by atoms with van der Waals surface area (Å²) in [6.45, 7) is 3.89. The summed E-state index contributed by atoms with van der Waals surface area (Å²) in [7, 11) is 1.52. The third-order valence-corrected chi connectivity index (χ3v) is 5.94. The van der Waals surface area contributed by atoms with Crippen LogP contribution in [0.4, 0.5) is 15.0 Å². The quantitative estimate of drug-likeness (QED) is 0.507. The van der Waals surface area contributed by atoms with Gasteiger partial charge in [0.1, 0.15) is 11.6 Å². The number of amides is 2. The lowest BCUT2D eigenvalue weighted by Gasteiger charge is -2.33. The van der Waals surface area contributed by atoms with Crippen LogP contribution in [0, 0.1) is 11.7 Å². The van der Waals surface area contributed by atoms with Crippen molar-refractivity contribution in [3.05, 3.63) is 83.4 Å². The van der Waals surface area contributed by atoms with Crippen LogP contribution in [0.2, 0.25) is 0 Å². The summed E-state index contributed by atoms with van der Waals surface area (Å²) in [6, 6.07) is 14.3. The van der Waals surface area contributed by atoms with Crippen molar-refractivity contribution in [1.29, 1.82) is 0 Å². The van der Waals surface area contributed by atoms with Crippen molar-refractivity contribution in [3.8, 4) is 11.6 Å². The molecule has 8 heteroatoms. The van der Waals surface area contributed by atoms with Crippen LogP contribution in [0.25, 0.3) is 6.08 Å². The SMILES string of the molecule is COc1cnc(NC(=O)N2CCC(=Cc3cccc(OCCc4ccc(F)cc4)c3)C(C)C2)cn1. The first-order valence-electron chi connectivity index (χ1n) is 11.6. The van der Waals surface area contributed by atoms with Crippen LogP contribution in [0.1, 0.15) is 24.5 Å². The van der Waals surface area contributed by atoms with E-state index in [0.717, 1.165) is 23.3 Å². The Hall–Kier alpha value is -3.94. The molecule has 2 aromatic carbocycles. The van der Waals surface area contributed by atoms with E-state index in [1.54, 1.807) is 17.0 Å². The average Bonchev–Trinajstić information content (AvgIpc) is 2.87. The second-order valence-electron chi connectivity index (χ2n) is 8.49. The molecule has 7 nitrogen and oxygen atoms in total. The Bertz CT molecular complexity index is 1170. The highest BCUT2D eigenvalue weighted by molar-refractivity contribution is 5.88. The van der Waals surface area contributed by atoms with Crippen molar-refractivity contribution < 1.29 is 18.7 Å². The maximum Gasteiger partial charge on any atom is 0.323 e.